The number of rotatable bonds is 9. The van der Waals surface area contributed by atoms with Gasteiger partial charge in [-0.2, -0.15) is 4.98 Å². The first-order chi connectivity index (χ1) is 15.2. The van der Waals surface area contributed by atoms with Crippen molar-refractivity contribution in [1.29, 1.82) is 0 Å². The largest absolute Gasteiger partial charge is 0.497 e. The number of nitrogens with one attached hydrogen (secondary N) is 1. The van der Waals surface area contributed by atoms with Crippen LogP contribution in [0.5, 0.6) is 11.8 Å². The van der Waals surface area contributed by atoms with Gasteiger partial charge < -0.3 is 19.5 Å². The van der Waals surface area contributed by atoms with Crippen LogP contribution < -0.4 is 14.8 Å². The molecule has 1 heterocycles. The Balaban J connectivity index is 1.65. The van der Waals surface area contributed by atoms with Crippen LogP contribution in [0, 0.1) is 5.92 Å². The number of anilines is 1. The molecular weight excluding hydrogens is 396 g/mol. The van der Waals surface area contributed by atoms with Gasteiger partial charge in [-0.3, -0.25) is 4.79 Å². The average molecular weight is 422 g/mol. The SMILES string of the molecule is COCCOc1nc(-c2ccc(OC)cc2)n(-c2cccc(NC(=O)C3CCC3)c2)n1. The lowest BCUT2D eigenvalue weighted by Crippen LogP contribution is -2.28. The van der Waals surface area contributed by atoms with Crippen LogP contribution in [0.2, 0.25) is 0 Å². The molecule has 0 atom stereocenters. The van der Waals surface area contributed by atoms with Gasteiger partial charge in [-0.05, 0) is 55.3 Å². The van der Waals surface area contributed by atoms with Crippen LogP contribution in [-0.2, 0) is 9.53 Å². The van der Waals surface area contributed by atoms with Crippen molar-refractivity contribution in [3.63, 3.8) is 0 Å². The van der Waals surface area contributed by atoms with E-state index in [1.807, 2.05) is 48.5 Å². The van der Waals surface area contributed by atoms with Crippen molar-refractivity contribution < 1.29 is 19.0 Å². The van der Waals surface area contributed by atoms with Crippen LogP contribution >= 0.6 is 0 Å². The van der Waals surface area contributed by atoms with Gasteiger partial charge in [0.05, 0.1) is 19.4 Å². The highest BCUT2D eigenvalue weighted by Crippen LogP contribution is 2.29. The Morgan fingerprint density at radius 1 is 1.13 bits per heavy atom. The molecule has 3 aromatic rings. The van der Waals surface area contributed by atoms with E-state index in [-0.39, 0.29) is 17.8 Å². The number of ether oxygens (including phenoxy) is 3. The minimum atomic E-state index is 0.0703. The van der Waals surface area contributed by atoms with Crippen molar-refractivity contribution in [2.75, 3.05) is 32.8 Å². The number of benzene rings is 2. The maximum Gasteiger partial charge on any atom is 0.336 e. The summed E-state index contributed by atoms with van der Waals surface area (Å²) in [5.41, 5.74) is 2.36. The second kappa shape index (κ2) is 9.61. The molecule has 1 saturated carbocycles. The zero-order valence-corrected chi connectivity index (χ0v) is 17.7. The Kier molecular flexibility index (Phi) is 6.47. The molecule has 0 saturated heterocycles. The first-order valence-electron chi connectivity index (χ1n) is 10.3. The summed E-state index contributed by atoms with van der Waals surface area (Å²) < 4.78 is 17.6. The van der Waals surface area contributed by atoms with Gasteiger partial charge in [-0.15, -0.1) is 5.10 Å². The quantitative estimate of drug-likeness (QED) is 0.529. The van der Waals surface area contributed by atoms with Crippen molar-refractivity contribution in [3.05, 3.63) is 48.5 Å². The fraction of sp³-hybridized carbons (Fsp3) is 0.348. The summed E-state index contributed by atoms with van der Waals surface area (Å²) in [6.45, 7) is 0.787. The Hall–Kier alpha value is -3.39. The van der Waals surface area contributed by atoms with Gasteiger partial charge in [0.2, 0.25) is 5.91 Å². The van der Waals surface area contributed by atoms with Gasteiger partial charge in [0.25, 0.3) is 0 Å². The molecule has 1 aliphatic carbocycles. The van der Waals surface area contributed by atoms with Crippen molar-refractivity contribution in [3.8, 4) is 28.8 Å². The van der Waals surface area contributed by atoms with E-state index in [9.17, 15) is 4.79 Å². The second-order valence-electron chi connectivity index (χ2n) is 7.37. The fourth-order valence-corrected chi connectivity index (χ4v) is 3.31. The number of amides is 1. The zero-order valence-electron chi connectivity index (χ0n) is 17.7. The molecule has 0 aliphatic heterocycles. The Bertz CT molecular complexity index is 1030. The summed E-state index contributed by atoms with van der Waals surface area (Å²) >= 11 is 0. The predicted octanol–water partition coefficient (Wildman–Crippen LogP) is 3.71. The lowest BCUT2D eigenvalue weighted by molar-refractivity contribution is -0.122. The fourth-order valence-electron chi connectivity index (χ4n) is 3.31. The molecule has 8 heteroatoms. The third kappa shape index (κ3) is 4.86. The molecule has 31 heavy (non-hydrogen) atoms. The normalized spacial score (nSPS) is 13.5. The van der Waals surface area contributed by atoms with E-state index in [0.29, 0.717) is 19.0 Å². The standard InChI is InChI=1S/C23H26N4O4/c1-29-13-14-31-23-25-21(16-9-11-20(30-2)12-10-16)27(26-23)19-8-4-7-18(15-19)24-22(28)17-5-3-6-17/h4,7-12,15,17H,3,5-6,13-14H2,1-2H3,(H,24,28). The molecule has 1 amide bonds. The monoisotopic (exact) mass is 422 g/mol. The molecule has 0 radical (unpaired) electrons. The van der Waals surface area contributed by atoms with E-state index in [0.717, 1.165) is 42.0 Å². The van der Waals surface area contributed by atoms with Crippen molar-refractivity contribution in [1.82, 2.24) is 14.8 Å². The molecule has 0 bridgehead atoms. The first-order valence-corrected chi connectivity index (χ1v) is 10.3. The topological polar surface area (TPSA) is 87.5 Å². The average Bonchev–Trinajstić information content (AvgIpc) is 3.17. The van der Waals surface area contributed by atoms with Gasteiger partial charge in [0, 0.05) is 24.3 Å². The van der Waals surface area contributed by atoms with Crippen molar-refractivity contribution in [2.45, 2.75) is 19.3 Å². The number of hydrogen-bond acceptors (Lipinski definition) is 6. The number of carbonyl (C=O) groups is 1. The molecule has 1 aromatic heterocycles. The molecule has 1 aliphatic rings. The van der Waals surface area contributed by atoms with E-state index in [4.69, 9.17) is 14.2 Å². The summed E-state index contributed by atoms with van der Waals surface area (Å²) in [4.78, 5) is 16.9. The third-order valence-corrected chi connectivity index (χ3v) is 5.29. The number of hydrogen-bond donors (Lipinski definition) is 1. The Labute approximate surface area is 181 Å². The second-order valence-corrected chi connectivity index (χ2v) is 7.37. The number of carbonyl (C=O) groups excluding carboxylic acids is 1. The van der Waals surface area contributed by atoms with Crippen LogP contribution in [0.15, 0.2) is 48.5 Å². The van der Waals surface area contributed by atoms with Gasteiger partial charge in [-0.25, -0.2) is 4.68 Å². The highest BCUT2D eigenvalue weighted by Gasteiger charge is 2.25. The van der Waals surface area contributed by atoms with Gasteiger partial charge in [0.1, 0.15) is 12.4 Å². The summed E-state index contributed by atoms with van der Waals surface area (Å²) in [5, 5.41) is 7.55. The number of methoxy groups -OCH3 is 2. The summed E-state index contributed by atoms with van der Waals surface area (Å²) in [5.74, 6) is 1.57. The van der Waals surface area contributed by atoms with Gasteiger partial charge >= 0.3 is 6.01 Å². The first kappa shape index (κ1) is 20.9. The van der Waals surface area contributed by atoms with Crippen molar-refractivity contribution in [2.24, 2.45) is 5.92 Å². The van der Waals surface area contributed by atoms with Crippen LogP contribution in [0.25, 0.3) is 17.1 Å². The van der Waals surface area contributed by atoms with Crippen molar-refractivity contribution >= 4 is 11.6 Å². The van der Waals surface area contributed by atoms with E-state index in [1.165, 1.54) is 0 Å². The predicted molar refractivity (Wildman–Crippen MR) is 117 cm³/mol. The number of nitrogens with zero attached hydrogens (tertiary/aromatic N) is 3. The summed E-state index contributed by atoms with van der Waals surface area (Å²) in [6, 6.07) is 15.4. The highest BCUT2D eigenvalue weighted by molar-refractivity contribution is 5.93. The maximum absolute atomic E-state index is 12.4. The molecule has 8 nitrogen and oxygen atoms in total. The van der Waals surface area contributed by atoms with Gasteiger partial charge in [-0.1, -0.05) is 12.5 Å². The Morgan fingerprint density at radius 3 is 2.61 bits per heavy atom. The molecular formula is C23H26N4O4. The number of aromatic nitrogens is 3. The molecule has 1 fully saturated rings. The lowest BCUT2D eigenvalue weighted by Gasteiger charge is -2.24. The van der Waals surface area contributed by atoms with Crippen LogP contribution in [0.3, 0.4) is 0 Å². The lowest BCUT2D eigenvalue weighted by atomic mass is 9.85. The molecule has 0 unspecified atom stereocenters. The van der Waals surface area contributed by atoms with E-state index < -0.39 is 0 Å². The molecule has 162 valence electrons. The molecule has 2 aromatic carbocycles. The van der Waals surface area contributed by atoms with E-state index in [2.05, 4.69) is 15.4 Å². The van der Waals surface area contributed by atoms with E-state index in [1.54, 1.807) is 18.9 Å². The Morgan fingerprint density at radius 2 is 1.94 bits per heavy atom. The summed E-state index contributed by atoms with van der Waals surface area (Å²) in [6.07, 6.45) is 3.03. The van der Waals surface area contributed by atoms with E-state index >= 15 is 0 Å². The smallest absolute Gasteiger partial charge is 0.336 e. The third-order valence-electron chi connectivity index (χ3n) is 5.29. The highest BCUT2D eigenvalue weighted by atomic mass is 16.5. The van der Waals surface area contributed by atoms with Gasteiger partial charge in [0.15, 0.2) is 5.82 Å². The molecule has 0 spiro atoms. The molecule has 4 rings (SSSR count). The minimum Gasteiger partial charge on any atom is -0.497 e. The van der Waals surface area contributed by atoms with Crippen LogP contribution in [0.1, 0.15) is 19.3 Å². The zero-order chi connectivity index (χ0) is 21.6. The molecule has 1 N–H and O–H groups in total. The summed E-state index contributed by atoms with van der Waals surface area (Å²) in [7, 11) is 3.24. The van der Waals surface area contributed by atoms with Crippen LogP contribution in [-0.4, -0.2) is 48.1 Å². The minimum absolute atomic E-state index is 0.0703. The van der Waals surface area contributed by atoms with Crippen LogP contribution in [0.4, 0.5) is 5.69 Å². The maximum atomic E-state index is 12.4.